The lowest BCUT2D eigenvalue weighted by Gasteiger charge is -2.11. The summed E-state index contributed by atoms with van der Waals surface area (Å²) in [5.74, 6) is 0.797. The lowest BCUT2D eigenvalue weighted by molar-refractivity contribution is 0.102. The van der Waals surface area contributed by atoms with Gasteiger partial charge in [0.2, 0.25) is 0 Å². The molecule has 0 aliphatic carbocycles. The van der Waals surface area contributed by atoms with Gasteiger partial charge >= 0.3 is 0 Å². The van der Waals surface area contributed by atoms with Gasteiger partial charge in [-0.15, -0.1) is 11.6 Å². The van der Waals surface area contributed by atoms with Crippen molar-refractivity contribution in [1.82, 2.24) is 10.2 Å². The Balaban J connectivity index is 2.16. The Morgan fingerprint density at radius 2 is 2.20 bits per heavy atom. The first-order valence-electron chi connectivity index (χ1n) is 6.14. The van der Waals surface area contributed by atoms with Crippen molar-refractivity contribution in [3.63, 3.8) is 0 Å². The van der Waals surface area contributed by atoms with Crippen LogP contribution in [0.4, 0.5) is 5.69 Å². The largest absolute Gasteiger partial charge is 0.494 e. The van der Waals surface area contributed by atoms with Crippen LogP contribution in [0.3, 0.4) is 0 Å². The van der Waals surface area contributed by atoms with Crippen LogP contribution < -0.4 is 10.1 Å². The van der Waals surface area contributed by atoms with E-state index in [-0.39, 0.29) is 5.91 Å². The number of hydrogen-bond donors (Lipinski definition) is 1. The minimum atomic E-state index is -0.246. The van der Waals surface area contributed by atoms with Gasteiger partial charge in [-0.1, -0.05) is 0 Å². The van der Waals surface area contributed by atoms with Gasteiger partial charge < -0.3 is 10.1 Å². The number of alkyl halides is 1. The van der Waals surface area contributed by atoms with Gasteiger partial charge in [0.25, 0.3) is 5.91 Å². The fourth-order valence-electron chi connectivity index (χ4n) is 1.69. The molecule has 0 spiro atoms. The zero-order valence-corrected chi connectivity index (χ0v) is 11.7. The summed E-state index contributed by atoms with van der Waals surface area (Å²) in [5.41, 5.74) is 1.94. The second-order valence-electron chi connectivity index (χ2n) is 3.97. The molecule has 0 saturated carbocycles. The Labute approximate surface area is 121 Å². The fraction of sp³-hybridized carbons (Fsp3) is 0.214. The molecule has 0 bridgehead atoms. The maximum atomic E-state index is 12.0. The van der Waals surface area contributed by atoms with E-state index in [0.717, 1.165) is 11.3 Å². The third kappa shape index (κ3) is 3.45. The van der Waals surface area contributed by atoms with Gasteiger partial charge in [0.15, 0.2) is 0 Å². The average molecular weight is 292 g/mol. The molecule has 0 radical (unpaired) electrons. The SMILES string of the molecule is CCOc1ccc(NC(=O)c2ccnnc2)cc1CCl. The first-order chi connectivity index (χ1) is 9.74. The van der Waals surface area contributed by atoms with E-state index in [0.29, 0.717) is 23.7 Å². The third-order valence-corrected chi connectivity index (χ3v) is 2.90. The molecule has 0 aliphatic heterocycles. The summed E-state index contributed by atoms with van der Waals surface area (Å²) in [7, 11) is 0. The summed E-state index contributed by atoms with van der Waals surface area (Å²) in [6.07, 6.45) is 2.88. The van der Waals surface area contributed by atoms with E-state index in [9.17, 15) is 4.79 Å². The van der Waals surface area contributed by atoms with Crippen LogP contribution in [0, 0.1) is 0 Å². The van der Waals surface area contributed by atoms with Crippen molar-refractivity contribution in [2.45, 2.75) is 12.8 Å². The van der Waals surface area contributed by atoms with Crippen LogP contribution >= 0.6 is 11.6 Å². The van der Waals surface area contributed by atoms with Crippen LogP contribution in [0.1, 0.15) is 22.8 Å². The number of ether oxygens (including phenoxy) is 1. The molecule has 1 aromatic carbocycles. The predicted octanol–water partition coefficient (Wildman–Crippen LogP) is 2.87. The number of nitrogens with one attached hydrogen (secondary N) is 1. The first kappa shape index (κ1) is 14.3. The Morgan fingerprint density at radius 1 is 1.35 bits per heavy atom. The van der Waals surface area contributed by atoms with Crippen LogP contribution in [-0.4, -0.2) is 22.7 Å². The maximum Gasteiger partial charge on any atom is 0.257 e. The molecule has 1 heterocycles. The zero-order valence-electron chi connectivity index (χ0n) is 11.0. The molecule has 0 atom stereocenters. The molecule has 1 aromatic heterocycles. The van der Waals surface area contributed by atoms with E-state index < -0.39 is 0 Å². The van der Waals surface area contributed by atoms with E-state index in [1.54, 1.807) is 24.3 Å². The minimum Gasteiger partial charge on any atom is -0.494 e. The van der Waals surface area contributed by atoms with Crippen LogP contribution in [0.2, 0.25) is 0 Å². The van der Waals surface area contributed by atoms with Gasteiger partial charge in [-0.05, 0) is 31.2 Å². The van der Waals surface area contributed by atoms with Crippen molar-refractivity contribution in [3.8, 4) is 5.75 Å². The predicted molar refractivity (Wildman–Crippen MR) is 77.2 cm³/mol. The molecule has 6 heteroatoms. The number of hydrogen-bond acceptors (Lipinski definition) is 4. The van der Waals surface area contributed by atoms with Gasteiger partial charge in [-0.2, -0.15) is 10.2 Å². The topological polar surface area (TPSA) is 64.1 Å². The number of anilines is 1. The summed E-state index contributed by atoms with van der Waals surface area (Å²) < 4.78 is 5.46. The average Bonchev–Trinajstić information content (AvgIpc) is 2.50. The van der Waals surface area contributed by atoms with Gasteiger partial charge in [0.1, 0.15) is 5.75 Å². The maximum absolute atomic E-state index is 12.0. The fourth-order valence-corrected chi connectivity index (χ4v) is 1.90. The van der Waals surface area contributed by atoms with Crippen molar-refractivity contribution in [2.75, 3.05) is 11.9 Å². The van der Waals surface area contributed by atoms with Gasteiger partial charge in [-0.3, -0.25) is 4.79 Å². The minimum absolute atomic E-state index is 0.246. The summed E-state index contributed by atoms with van der Waals surface area (Å²) in [4.78, 5) is 12.0. The lowest BCUT2D eigenvalue weighted by atomic mass is 10.2. The molecule has 2 rings (SSSR count). The Hall–Kier alpha value is -2.14. The summed E-state index contributed by atoms with van der Waals surface area (Å²) in [6, 6.07) is 6.96. The van der Waals surface area contributed by atoms with Gasteiger partial charge in [0, 0.05) is 11.3 Å². The summed E-state index contributed by atoms with van der Waals surface area (Å²) in [6.45, 7) is 2.47. The van der Waals surface area contributed by atoms with Gasteiger partial charge in [0.05, 0.1) is 30.4 Å². The van der Waals surface area contributed by atoms with E-state index in [4.69, 9.17) is 16.3 Å². The van der Waals surface area contributed by atoms with Crippen LogP contribution in [0.15, 0.2) is 36.7 Å². The smallest absolute Gasteiger partial charge is 0.257 e. The van der Waals surface area contributed by atoms with Crippen LogP contribution in [0.25, 0.3) is 0 Å². The first-order valence-corrected chi connectivity index (χ1v) is 6.67. The number of aromatic nitrogens is 2. The Kier molecular flexibility index (Phi) is 4.90. The number of carbonyl (C=O) groups excluding carboxylic acids is 1. The molecular formula is C14H14ClN3O2. The molecular weight excluding hydrogens is 278 g/mol. The quantitative estimate of drug-likeness (QED) is 0.860. The number of nitrogens with zero attached hydrogens (tertiary/aromatic N) is 2. The second kappa shape index (κ2) is 6.86. The molecule has 2 aromatic rings. The van der Waals surface area contributed by atoms with Crippen LogP contribution in [0.5, 0.6) is 5.75 Å². The number of amides is 1. The summed E-state index contributed by atoms with van der Waals surface area (Å²) >= 11 is 5.88. The van der Waals surface area contributed by atoms with E-state index in [1.807, 2.05) is 6.92 Å². The van der Waals surface area contributed by atoms with E-state index in [1.165, 1.54) is 12.4 Å². The van der Waals surface area contributed by atoms with Crippen molar-refractivity contribution >= 4 is 23.2 Å². The molecule has 5 nitrogen and oxygen atoms in total. The lowest BCUT2D eigenvalue weighted by Crippen LogP contribution is -2.12. The number of benzene rings is 1. The highest BCUT2D eigenvalue weighted by Crippen LogP contribution is 2.24. The monoisotopic (exact) mass is 291 g/mol. The highest BCUT2D eigenvalue weighted by atomic mass is 35.5. The molecule has 20 heavy (non-hydrogen) atoms. The van der Waals surface area contributed by atoms with Crippen molar-refractivity contribution in [3.05, 3.63) is 47.8 Å². The highest BCUT2D eigenvalue weighted by Gasteiger charge is 2.09. The van der Waals surface area contributed by atoms with Crippen molar-refractivity contribution < 1.29 is 9.53 Å². The van der Waals surface area contributed by atoms with Crippen molar-refractivity contribution in [1.29, 1.82) is 0 Å². The molecule has 1 N–H and O–H groups in total. The zero-order chi connectivity index (χ0) is 14.4. The molecule has 104 valence electrons. The molecule has 0 saturated heterocycles. The third-order valence-electron chi connectivity index (χ3n) is 2.61. The normalized spacial score (nSPS) is 10.1. The van der Waals surface area contributed by atoms with Crippen LogP contribution in [-0.2, 0) is 5.88 Å². The molecule has 0 fully saturated rings. The number of carbonyl (C=O) groups is 1. The number of rotatable bonds is 5. The van der Waals surface area contributed by atoms with E-state index in [2.05, 4.69) is 15.5 Å². The number of halogens is 1. The van der Waals surface area contributed by atoms with Gasteiger partial charge in [-0.25, -0.2) is 0 Å². The Morgan fingerprint density at radius 3 is 2.85 bits per heavy atom. The summed E-state index contributed by atoms with van der Waals surface area (Å²) in [5, 5.41) is 10.1. The van der Waals surface area contributed by atoms with E-state index >= 15 is 0 Å². The standard InChI is InChI=1S/C14H14ClN3O2/c1-2-20-13-4-3-12(7-11(13)8-15)18-14(19)10-5-6-16-17-9-10/h3-7,9H,2,8H2,1H3,(H,18,19). The highest BCUT2D eigenvalue weighted by molar-refractivity contribution is 6.17. The molecule has 1 amide bonds. The Bertz CT molecular complexity index is 590. The second-order valence-corrected chi connectivity index (χ2v) is 4.24. The van der Waals surface area contributed by atoms with Crippen molar-refractivity contribution in [2.24, 2.45) is 0 Å². The molecule has 0 unspecified atom stereocenters. The molecule has 0 aliphatic rings.